The predicted octanol–water partition coefficient (Wildman–Crippen LogP) is 4.57. The number of thiophene rings is 1. The molecule has 0 spiro atoms. The molecular weight excluding hydrogens is 412 g/mol. The van der Waals surface area contributed by atoms with Gasteiger partial charge < -0.3 is 15.1 Å². The van der Waals surface area contributed by atoms with Crippen molar-refractivity contribution in [2.75, 3.05) is 11.9 Å². The van der Waals surface area contributed by atoms with Gasteiger partial charge in [-0.3, -0.25) is 9.59 Å². The topological polar surface area (TPSA) is 89.2 Å². The molecule has 4 rings (SSSR count). The van der Waals surface area contributed by atoms with Gasteiger partial charge in [0.25, 0.3) is 5.91 Å². The molecule has 0 saturated heterocycles. The highest BCUT2D eigenvalue weighted by Crippen LogP contribution is 2.26. The Balaban J connectivity index is 1.51. The van der Waals surface area contributed by atoms with Gasteiger partial charge in [0, 0.05) is 19.0 Å². The number of hydrogen-bond acceptors (Lipinski definition) is 5. The average molecular weight is 435 g/mol. The summed E-state index contributed by atoms with van der Waals surface area (Å²) in [5, 5.41) is 12.2. The number of anilines is 1. The molecule has 0 radical (unpaired) electrons. The zero-order valence-corrected chi connectivity index (χ0v) is 18.0. The first kappa shape index (κ1) is 20.6. The second kappa shape index (κ2) is 9.01. The van der Waals surface area contributed by atoms with E-state index >= 15 is 0 Å². The monoisotopic (exact) mass is 434 g/mol. The standard InChI is InChI=1S/C23H22N4O3S/c1-15-11-16(2)13-17(12-15)27-21(14-18(26-27)19-5-3-9-30-19)25-22(28)7-8-24-23(29)20-6-4-10-31-20/h3-6,9-14H,7-8H2,1-2H3,(H,24,29)(H,25,28). The minimum atomic E-state index is -0.219. The summed E-state index contributed by atoms with van der Waals surface area (Å²) in [5.41, 5.74) is 3.65. The lowest BCUT2D eigenvalue weighted by molar-refractivity contribution is -0.116. The first-order chi connectivity index (χ1) is 15.0. The van der Waals surface area contributed by atoms with Gasteiger partial charge in [-0.2, -0.15) is 5.10 Å². The molecule has 0 saturated carbocycles. The van der Waals surface area contributed by atoms with Crippen LogP contribution in [0.3, 0.4) is 0 Å². The molecule has 2 N–H and O–H groups in total. The summed E-state index contributed by atoms with van der Waals surface area (Å²) >= 11 is 1.36. The number of carbonyl (C=O) groups excluding carboxylic acids is 2. The van der Waals surface area contributed by atoms with Crippen molar-refractivity contribution in [3.05, 3.63) is 76.2 Å². The number of furan rings is 1. The van der Waals surface area contributed by atoms with Crippen LogP contribution in [0.5, 0.6) is 0 Å². The van der Waals surface area contributed by atoms with Gasteiger partial charge in [-0.05, 0) is 60.7 Å². The lowest BCUT2D eigenvalue weighted by Crippen LogP contribution is -2.27. The highest BCUT2D eigenvalue weighted by atomic mass is 32.1. The van der Waals surface area contributed by atoms with Crippen molar-refractivity contribution in [3.63, 3.8) is 0 Å². The predicted molar refractivity (Wildman–Crippen MR) is 121 cm³/mol. The van der Waals surface area contributed by atoms with Crippen LogP contribution in [-0.2, 0) is 4.79 Å². The van der Waals surface area contributed by atoms with Gasteiger partial charge in [0.2, 0.25) is 5.91 Å². The van der Waals surface area contributed by atoms with Crippen LogP contribution >= 0.6 is 11.3 Å². The molecule has 4 aromatic rings. The van der Waals surface area contributed by atoms with Crippen molar-refractivity contribution in [1.29, 1.82) is 0 Å². The molecule has 7 nitrogen and oxygen atoms in total. The lowest BCUT2D eigenvalue weighted by atomic mass is 10.1. The maximum absolute atomic E-state index is 12.6. The molecule has 158 valence electrons. The van der Waals surface area contributed by atoms with Crippen LogP contribution < -0.4 is 10.6 Å². The molecule has 0 atom stereocenters. The molecule has 3 aromatic heterocycles. The molecule has 0 fully saturated rings. The zero-order chi connectivity index (χ0) is 21.8. The minimum absolute atomic E-state index is 0.144. The van der Waals surface area contributed by atoms with Crippen molar-refractivity contribution < 1.29 is 14.0 Å². The molecule has 2 amide bonds. The number of nitrogens with zero attached hydrogens (tertiary/aromatic N) is 2. The van der Waals surface area contributed by atoms with Gasteiger partial charge in [-0.15, -0.1) is 11.3 Å². The van der Waals surface area contributed by atoms with E-state index in [9.17, 15) is 9.59 Å². The summed E-state index contributed by atoms with van der Waals surface area (Å²) in [7, 11) is 0. The van der Waals surface area contributed by atoms with Gasteiger partial charge >= 0.3 is 0 Å². The molecule has 31 heavy (non-hydrogen) atoms. The molecule has 0 aliphatic rings. The third-order valence-electron chi connectivity index (χ3n) is 4.58. The van der Waals surface area contributed by atoms with E-state index in [1.165, 1.54) is 11.3 Å². The van der Waals surface area contributed by atoms with Gasteiger partial charge in [0.1, 0.15) is 11.5 Å². The van der Waals surface area contributed by atoms with Crippen LogP contribution in [0.2, 0.25) is 0 Å². The van der Waals surface area contributed by atoms with Crippen LogP contribution in [0.25, 0.3) is 17.1 Å². The fourth-order valence-electron chi connectivity index (χ4n) is 3.27. The van der Waals surface area contributed by atoms with E-state index in [0.29, 0.717) is 22.1 Å². The largest absolute Gasteiger partial charge is 0.463 e. The number of aryl methyl sites for hydroxylation is 2. The van der Waals surface area contributed by atoms with E-state index in [2.05, 4.69) is 21.8 Å². The molecule has 0 unspecified atom stereocenters. The fourth-order valence-corrected chi connectivity index (χ4v) is 3.91. The highest BCUT2D eigenvalue weighted by Gasteiger charge is 2.16. The third-order valence-corrected chi connectivity index (χ3v) is 5.45. The first-order valence-electron chi connectivity index (χ1n) is 9.84. The van der Waals surface area contributed by atoms with Gasteiger partial charge in [-0.1, -0.05) is 12.1 Å². The Bertz CT molecular complexity index is 1170. The Morgan fingerprint density at radius 1 is 1.10 bits per heavy atom. The molecule has 0 aliphatic heterocycles. The van der Waals surface area contributed by atoms with Gasteiger partial charge in [0.15, 0.2) is 5.76 Å². The van der Waals surface area contributed by atoms with E-state index in [-0.39, 0.29) is 24.8 Å². The number of carbonyl (C=O) groups is 2. The van der Waals surface area contributed by atoms with Gasteiger partial charge in [-0.25, -0.2) is 4.68 Å². The second-order valence-corrected chi connectivity index (χ2v) is 8.13. The summed E-state index contributed by atoms with van der Waals surface area (Å²) < 4.78 is 7.16. The van der Waals surface area contributed by atoms with Crippen LogP contribution in [0.4, 0.5) is 5.82 Å². The smallest absolute Gasteiger partial charge is 0.261 e. The number of nitrogens with one attached hydrogen (secondary N) is 2. The van der Waals surface area contributed by atoms with E-state index < -0.39 is 0 Å². The lowest BCUT2D eigenvalue weighted by Gasteiger charge is -2.11. The Morgan fingerprint density at radius 3 is 2.58 bits per heavy atom. The maximum atomic E-state index is 12.6. The molecule has 3 heterocycles. The summed E-state index contributed by atoms with van der Waals surface area (Å²) in [6.45, 7) is 4.27. The Morgan fingerprint density at radius 2 is 1.90 bits per heavy atom. The van der Waals surface area contributed by atoms with Crippen molar-refractivity contribution in [2.45, 2.75) is 20.3 Å². The number of aromatic nitrogens is 2. The molecule has 8 heteroatoms. The fraction of sp³-hybridized carbons (Fsp3) is 0.174. The van der Waals surface area contributed by atoms with Gasteiger partial charge in [0.05, 0.1) is 16.8 Å². The van der Waals surface area contributed by atoms with E-state index in [1.54, 1.807) is 29.1 Å². The Hall–Kier alpha value is -3.65. The summed E-state index contributed by atoms with van der Waals surface area (Å²) in [5.74, 6) is 0.749. The first-order valence-corrected chi connectivity index (χ1v) is 10.7. The summed E-state index contributed by atoms with van der Waals surface area (Å²) in [4.78, 5) is 25.2. The number of amides is 2. The summed E-state index contributed by atoms with van der Waals surface area (Å²) in [6, 6.07) is 15.0. The van der Waals surface area contributed by atoms with E-state index in [4.69, 9.17) is 4.42 Å². The van der Waals surface area contributed by atoms with E-state index in [0.717, 1.165) is 16.8 Å². The molecular formula is C23H22N4O3S. The molecule has 0 bridgehead atoms. The average Bonchev–Trinajstić information content (AvgIpc) is 3.48. The van der Waals surface area contributed by atoms with Crippen molar-refractivity contribution in [3.8, 4) is 17.1 Å². The number of benzene rings is 1. The SMILES string of the molecule is Cc1cc(C)cc(-n2nc(-c3ccco3)cc2NC(=O)CCNC(=O)c2cccs2)c1. The highest BCUT2D eigenvalue weighted by molar-refractivity contribution is 7.12. The van der Waals surface area contributed by atoms with E-state index in [1.807, 2.05) is 43.5 Å². The second-order valence-electron chi connectivity index (χ2n) is 7.18. The third kappa shape index (κ3) is 4.92. The Labute approximate surface area is 183 Å². The molecule has 1 aromatic carbocycles. The van der Waals surface area contributed by atoms with Crippen molar-refractivity contribution in [1.82, 2.24) is 15.1 Å². The Kier molecular flexibility index (Phi) is 5.99. The summed E-state index contributed by atoms with van der Waals surface area (Å²) in [6.07, 6.45) is 1.73. The minimum Gasteiger partial charge on any atom is -0.463 e. The van der Waals surface area contributed by atoms with Crippen molar-refractivity contribution in [2.24, 2.45) is 0 Å². The van der Waals surface area contributed by atoms with Crippen LogP contribution in [0.1, 0.15) is 27.2 Å². The zero-order valence-electron chi connectivity index (χ0n) is 17.2. The number of rotatable bonds is 7. The van der Waals surface area contributed by atoms with Crippen molar-refractivity contribution >= 4 is 29.0 Å². The number of hydrogen-bond donors (Lipinski definition) is 2. The van der Waals surface area contributed by atoms with Crippen LogP contribution in [0.15, 0.2) is 64.6 Å². The van der Waals surface area contributed by atoms with Crippen LogP contribution in [0, 0.1) is 13.8 Å². The normalized spacial score (nSPS) is 10.8. The maximum Gasteiger partial charge on any atom is 0.261 e. The quantitative estimate of drug-likeness (QED) is 0.446. The molecule has 0 aliphatic carbocycles. The van der Waals surface area contributed by atoms with Crippen LogP contribution in [-0.4, -0.2) is 28.1 Å².